The van der Waals surface area contributed by atoms with Gasteiger partial charge in [-0.15, -0.1) is 0 Å². The van der Waals surface area contributed by atoms with Crippen LogP contribution < -0.4 is 0 Å². The minimum Gasteiger partial charge on any atom is -0.393 e. The smallest absolute Gasteiger partial charge is 0.165 e. The molecule has 3 aliphatic carbocycles. The molecule has 0 saturated heterocycles. The minimum atomic E-state index is -1.22. The van der Waals surface area contributed by atoms with Gasteiger partial charge in [-0.05, 0) is 31.6 Å². The molecule has 0 aromatic carbocycles. The second-order valence-electron chi connectivity index (χ2n) is 7.12. The SMILES string of the molecule is O=C1C[C@@H]2[C@@H](C=C[C@@H](O)C3CCCCC3)[C@H](O)CC[C@]12O. The summed E-state index contributed by atoms with van der Waals surface area (Å²) < 4.78 is 0. The van der Waals surface area contributed by atoms with Crippen molar-refractivity contribution in [1.82, 2.24) is 0 Å². The van der Waals surface area contributed by atoms with Crippen LogP contribution in [0, 0.1) is 17.8 Å². The Labute approximate surface area is 125 Å². The molecule has 4 heteroatoms. The molecule has 118 valence electrons. The van der Waals surface area contributed by atoms with Crippen molar-refractivity contribution in [1.29, 1.82) is 0 Å². The standard InChI is InChI=1S/C17H26O4/c18-14(11-4-2-1-3-5-11)7-6-12-13-10-16(20)17(13,21)9-8-15(12)19/h6-7,11-15,18-19,21H,1-5,8-10H2/t12-,13-,14-,15-,17-/m1/s1. The largest absolute Gasteiger partial charge is 0.393 e. The molecule has 0 amide bonds. The fourth-order valence-corrected chi connectivity index (χ4v) is 4.37. The Morgan fingerprint density at radius 3 is 2.57 bits per heavy atom. The van der Waals surface area contributed by atoms with Gasteiger partial charge in [0.1, 0.15) is 5.60 Å². The van der Waals surface area contributed by atoms with Gasteiger partial charge in [-0.2, -0.15) is 0 Å². The summed E-state index contributed by atoms with van der Waals surface area (Å²) in [6, 6.07) is 0. The van der Waals surface area contributed by atoms with Crippen LogP contribution in [0.4, 0.5) is 0 Å². The molecule has 0 unspecified atom stereocenters. The van der Waals surface area contributed by atoms with Crippen LogP contribution in [-0.2, 0) is 4.79 Å². The molecule has 3 aliphatic rings. The first-order chi connectivity index (χ1) is 10.0. The van der Waals surface area contributed by atoms with Crippen molar-refractivity contribution < 1.29 is 20.1 Å². The molecule has 3 N–H and O–H groups in total. The number of aliphatic hydroxyl groups is 3. The van der Waals surface area contributed by atoms with Crippen LogP contribution in [0.2, 0.25) is 0 Å². The molecule has 0 bridgehead atoms. The van der Waals surface area contributed by atoms with E-state index in [0.29, 0.717) is 25.2 Å². The molecule has 0 radical (unpaired) electrons. The van der Waals surface area contributed by atoms with Crippen molar-refractivity contribution in [2.45, 2.75) is 69.2 Å². The molecular weight excluding hydrogens is 268 g/mol. The van der Waals surface area contributed by atoms with Crippen LogP contribution in [0.1, 0.15) is 51.4 Å². The quantitative estimate of drug-likeness (QED) is 0.691. The van der Waals surface area contributed by atoms with Crippen LogP contribution in [0.5, 0.6) is 0 Å². The predicted octanol–water partition coefficient (Wildman–Crippen LogP) is 1.57. The molecule has 0 aromatic rings. The first-order valence-corrected chi connectivity index (χ1v) is 8.32. The molecule has 0 spiro atoms. The highest BCUT2D eigenvalue weighted by Crippen LogP contribution is 2.49. The lowest BCUT2D eigenvalue weighted by Crippen LogP contribution is -2.63. The van der Waals surface area contributed by atoms with Crippen molar-refractivity contribution in [3.63, 3.8) is 0 Å². The summed E-state index contributed by atoms with van der Waals surface area (Å²) in [5, 5.41) is 30.8. The Morgan fingerprint density at radius 1 is 1.19 bits per heavy atom. The molecule has 0 aromatic heterocycles. The highest BCUT2D eigenvalue weighted by molar-refractivity contribution is 5.94. The average Bonchev–Trinajstić information content (AvgIpc) is 2.51. The Hall–Kier alpha value is -0.710. The van der Waals surface area contributed by atoms with Crippen LogP contribution in [0.15, 0.2) is 12.2 Å². The maximum absolute atomic E-state index is 11.6. The lowest BCUT2D eigenvalue weighted by Gasteiger charge is -2.52. The van der Waals surface area contributed by atoms with Gasteiger partial charge >= 0.3 is 0 Å². The first-order valence-electron chi connectivity index (χ1n) is 8.32. The lowest BCUT2D eigenvalue weighted by atomic mass is 9.55. The summed E-state index contributed by atoms with van der Waals surface area (Å²) in [5.74, 6) is -0.161. The second-order valence-corrected chi connectivity index (χ2v) is 7.12. The zero-order chi connectivity index (χ0) is 15.0. The van der Waals surface area contributed by atoms with Crippen LogP contribution in [0.25, 0.3) is 0 Å². The van der Waals surface area contributed by atoms with Crippen molar-refractivity contribution in [3.05, 3.63) is 12.2 Å². The minimum absolute atomic E-state index is 0.0920. The van der Waals surface area contributed by atoms with Gasteiger partial charge in [0, 0.05) is 18.3 Å². The summed E-state index contributed by atoms with van der Waals surface area (Å²) in [5.41, 5.74) is -1.22. The molecule has 3 fully saturated rings. The van der Waals surface area contributed by atoms with E-state index in [-0.39, 0.29) is 17.6 Å². The van der Waals surface area contributed by atoms with Crippen molar-refractivity contribution in [2.24, 2.45) is 17.8 Å². The monoisotopic (exact) mass is 294 g/mol. The van der Waals surface area contributed by atoms with Gasteiger partial charge in [-0.1, -0.05) is 31.4 Å². The van der Waals surface area contributed by atoms with Gasteiger partial charge in [-0.25, -0.2) is 0 Å². The van der Waals surface area contributed by atoms with Crippen LogP contribution in [0.3, 0.4) is 0 Å². The Balaban J connectivity index is 1.65. The fourth-order valence-electron chi connectivity index (χ4n) is 4.37. The summed E-state index contributed by atoms with van der Waals surface area (Å²) in [4.78, 5) is 11.6. The van der Waals surface area contributed by atoms with E-state index in [1.165, 1.54) is 19.3 Å². The number of ketones is 1. The lowest BCUT2D eigenvalue weighted by molar-refractivity contribution is -0.182. The fraction of sp³-hybridized carbons (Fsp3) is 0.824. The first kappa shape index (κ1) is 15.2. The molecule has 21 heavy (non-hydrogen) atoms. The molecule has 5 atom stereocenters. The maximum Gasteiger partial charge on any atom is 0.165 e. The van der Waals surface area contributed by atoms with E-state index in [9.17, 15) is 20.1 Å². The number of fused-ring (bicyclic) bond motifs is 1. The van der Waals surface area contributed by atoms with Crippen molar-refractivity contribution in [3.8, 4) is 0 Å². The van der Waals surface area contributed by atoms with Crippen LogP contribution in [-0.4, -0.2) is 38.9 Å². The molecular formula is C17H26O4. The number of hydrogen-bond acceptors (Lipinski definition) is 4. The number of rotatable bonds is 3. The van der Waals surface area contributed by atoms with E-state index in [1.54, 1.807) is 6.08 Å². The molecule has 4 nitrogen and oxygen atoms in total. The number of Topliss-reactive ketones (excluding diaryl/α,β-unsaturated/α-hetero) is 1. The van der Waals surface area contributed by atoms with Gasteiger partial charge in [-0.3, -0.25) is 4.79 Å². The average molecular weight is 294 g/mol. The topological polar surface area (TPSA) is 77.8 Å². The van der Waals surface area contributed by atoms with Gasteiger partial charge in [0.25, 0.3) is 0 Å². The van der Waals surface area contributed by atoms with E-state index in [1.807, 2.05) is 6.08 Å². The normalized spacial score (nSPS) is 42.6. The number of hydrogen-bond donors (Lipinski definition) is 3. The molecule has 0 heterocycles. The predicted molar refractivity (Wildman–Crippen MR) is 78.5 cm³/mol. The molecule has 0 aliphatic heterocycles. The zero-order valence-electron chi connectivity index (χ0n) is 12.4. The highest BCUT2D eigenvalue weighted by atomic mass is 16.3. The number of aliphatic hydroxyl groups excluding tert-OH is 2. The van der Waals surface area contributed by atoms with Gasteiger partial charge < -0.3 is 15.3 Å². The third-order valence-electron chi connectivity index (χ3n) is 5.90. The second kappa shape index (κ2) is 5.82. The van der Waals surface area contributed by atoms with Gasteiger partial charge in [0.2, 0.25) is 0 Å². The summed E-state index contributed by atoms with van der Waals surface area (Å²) in [6.45, 7) is 0. The third-order valence-corrected chi connectivity index (χ3v) is 5.90. The van der Waals surface area contributed by atoms with E-state index in [4.69, 9.17) is 0 Å². The summed E-state index contributed by atoms with van der Waals surface area (Å²) >= 11 is 0. The summed E-state index contributed by atoms with van der Waals surface area (Å²) in [7, 11) is 0. The highest BCUT2D eigenvalue weighted by Gasteiger charge is 2.59. The van der Waals surface area contributed by atoms with E-state index >= 15 is 0 Å². The maximum atomic E-state index is 11.6. The Morgan fingerprint density at radius 2 is 1.90 bits per heavy atom. The van der Waals surface area contributed by atoms with E-state index in [0.717, 1.165) is 12.8 Å². The summed E-state index contributed by atoms with van der Waals surface area (Å²) in [6.07, 6.45) is 9.56. The third kappa shape index (κ3) is 2.69. The molecule has 3 saturated carbocycles. The van der Waals surface area contributed by atoms with Crippen molar-refractivity contribution in [2.75, 3.05) is 0 Å². The number of carbonyl (C=O) groups is 1. The van der Waals surface area contributed by atoms with E-state index < -0.39 is 17.8 Å². The van der Waals surface area contributed by atoms with Gasteiger partial charge in [0.05, 0.1) is 12.2 Å². The van der Waals surface area contributed by atoms with Crippen LogP contribution >= 0.6 is 0 Å². The Kier molecular flexibility index (Phi) is 4.21. The van der Waals surface area contributed by atoms with E-state index in [2.05, 4.69) is 0 Å². The van der Waals surface area contributed by atoms with Gasteiger partial charge in [0.15, 0.2) is 5.78 Å². The molecule has 3 rings (SSSR count). The van der Waals surface area contributed by atoms with Crippen molar-refractivity contribution >= 4 is 5.78 Å². The Bertz CT molecular complexity index is 427. The zero-order valence-corrected chi connectivity index (χ0v) is 12.4. The number of carbonyl (C=O) groups excluding carboxylic acids is 1.